The highest BCUT2D eigenvalue weighted by Gasteiger charge is 2.31. The van der Waals surface area contributed by atoms with Crippen LogP contribution < -0.4 is 14.8 Å². The first kappa shape index (κ1) is 14.7. The maximum Gasteiger partial charge on any atom is 0.231 e. The number of nitrogens with one attached hydrogen (secondary N) is 1. The lowest BCUT2D eigenvalue weighted by atomic mass is 10.0. The van der Waals surface area contributed by atoms with Crippen LogP contribution in [0.5, 0.6) is 11.5 Å². The van der Waals surface area contributed by atoms with Crippen LogP contribution in [0.3, 0.4) is 0 Å². The molecular formula is C17H26N2O2. The molecule has 1 aromatic rings. The Kier molecular flexibility index (Phi) is 4.36. The molecule has 0 saturated heterocycles. The number of fused-ring (bicyclic) bond motifs is 1. The molecule has 0 amide bonds. The number of rotatable bonds is 7. The molecule has 1 aromatic carbocycles. The minimum atomic E-state index is 0.329. The summed E-state index contributed by atoms with van der Waals surface area (Å²) in [6.07, 6.45) is 2.78. The lowest BCUT2D eigenvalue weighted by molar-refractivity contribution is 0.174. The van der Waals surface area contributed by atoms with E-state index in [4.69, 9.17) is 9.47 Å². The third-order valence-corrected chi connectivity index (χ3v) is 4.72. The topological polar surface area (TPSA) is 33.7 Å². The fraction of sp³-hybridized carbons (Fsp3) is 0.647. The predicted octanol–water partition coefficient (Wildman–Crippen LogP) is 2.80. The molecule has 1 N–H and O–H groups in total. The van der Waals surface area contributed by atoms with E-state index in [9.17, 15) is 0 Å². The Bertz CT molecular complexity index is 488. The second kappa shape index (κ2) is 6.24. The van der Waals surface area contributed by atoms with Gasteiger partial charge in [-0.3, -0.25) is 0 Å². The van der Waals surface area contributed by atoms with Gasteiger partial charge in [-0.2, -0.15) is 0 Å². The molecule has 1 fully saturated rings. The van der Waals surface area contributed by atoms with Gasteiger partial charge in [-0.15, -0.1) is 0 Å². The van der Waals surface area contributed by atoms with Gasteiger partial charge >= 0.3 is 0 Å². The third kappa shape index (κ3) is 3.33. The van der Waals surface area contributed by atoms with Crippen LogP contribution in [0.4, 0.5) is 0 Å². The second-order valence-corrected chi connectivity index (χ2v) is 6.24. The first-order valence-corrected chi connectivity index (χ1v) is 8.02. The molecule has 0 aromatic heterocycles. The quantitative estimate of drug-likeness (QED) is 0.837. The molecule has 2 aliphatic rings. The molecule has 4 nitrogen and oxygen atoms in total. The molecule has 0 bridgehead atoms. The van der Waals surface area contributed by atoms with Gasteiger partial charge in [-0.05, 0) is 57.0 Å². The average molecular weight is 290 g/mol. The maximum absolute atomic E-state index is 5.50. The fourth-order valence-corrected chi connectivity index (χ4v) is 3.06. The van der Waals surface area contributed by atoms with E-state index in [1.807, 2.05) is 6.07 Å². The van der Waals surface area contributed by atoms with Gasteiger partial charge in [0.15, 0.2) is 11.5 Å². The van der Waals surface area contributed by atoms with E-state index < -0.39 is 0 Å². The van der Waals surface area contributed by atoms with E-state index >= 15 is 0 Å². The molecule has 1 saturated carbocycles. The summed E-state index contributed by atoms with van der Waals surface area (Å²) in [6, 6.07) is 7.28. The summed E-state index contributed by atoms with van der Waals surface area (Å²) in [4.78, 5) is 2.48. The van der Waals surface area contributed by atoms with E-state index in [0.717, 1.165) is 30.5 Å². The monoisotopic (exact) mass is 290 g/mol. The highest BCUT2D eigenvalue weighted by Crippen LogP contribution is 2.36. The molecule has 2 unspecified atom stereocenters. The molecule has 0 spiro atoms. The molecule has 21 heavy (non-hydrogen) atoms. The summed E-state index contributed by atoms with van der Waals surface area (Å²) in [7, 11) is 2.24. The molecule has 2 atom stereocenters. The van der Waals surface area contributed by atoms with Crippen molar-refractivity contribution in [1.82, 2.24) is 10.2 Å². The lowest BCUT2D eigenvalue weighted by Crippen LogP contribution is -2.38. The predicted molar refractivity (Wildman–Crippen MR) is 83.8 cm³/mol. The highest BCUT2D eigenvalue weighted by atomic mass is 16.7. The Balaban J connectivity index is 1.71. The van der Waals surface area contributed by atoms with Gasteiger partial charge < -0.3 is 19.7 Å². The fourth-order valence-electron chi connectivity index (χ4n) is 3.06. The zero-order valence-electron chi connectivity index (χ0n) is 13.3. The SMILES string of the molecule is CCNC(CN(C)C(C)C1CC1)c1ccc2c(c1)OCO2. The molecule has 0 radical (unpaired) electrons. The summed E-state index contributed by atoms with van der Waals surface area (Å²) in [5.41, 5.74) is 1.27. The van der Waals surface area contributed by atoms with Crippen molar-refractivity contribution in [3.05, 3.63) is 23.8 Å². The van der Waals surface area contributed by atoms with Crippen molar-refractivity contribution >= 4 is 0 Å². The van der Waals surface area contributed by atoms with Crippen molar-refractivity contribution < 1.29 is 9.47 Å². The molecule has 1 aliphatic heterocycles. The smallest absolute Gasteiger partial charge is 0.231 e. The van der Waals surface area contributed by atoms with Gasteiger partial charge in [-0.25, -0.2) is 0 Å². The minimum absolute atomic E-state index is 0.329. The number of benzene rings is 1. The van der Waals surface area contributed by atoms with Crippen LogP contribution in [0.15, 0.2) is 18.2 Å². The number of likely N-dealkylation sites (N-methyl/N-ethyl adjacent to an activating group) is 2. The molecular weight excluding hydrogens is 264 g/mol. The number of ether oxygens (including phenoxy) is 2. The van der Waals surface area contributed by atoms with Crippen LogP contribution in [-0.4, -0.2) is 37.9 Å². The van der Waals surface area contributed by atoms with Gasteiger partial charge in [0.1, 0.15) is 0 Å². The van der Waals surface area contributed by atoms with E-state index in [-0.39, 0.29) is 0 Å². The molecule has 116 valence electrons. The second-order valence-electron chi connectivity index (χ2n) is 6.24. The highest BCUT2D eigenvalue weighted by molar-refractivity contribution is 5.45. The van der Waals surface area contributed by atoms with E-state index in [1.54, 1.807) is 0 Å². The van der Waals surface area contributed by atoms with Crippen LogP contribution in [0.25, 0.3) is 0 Å². The Labute approximate surface area is 127 Å². The summed E-state index contributed by atoms with van der Waals surface area (Å²) in [5.74, 6) is 2.62. The number of hydrogen-bond donors (Lipinski definition) is 1. The van der Waals surface area contributed by atoms with Crippen LogP contribution in [-0.2, 0) is 0 Å². The van der Waals surface area contributed by atoms with E-state index in [1.165, 1.54) is 18.4 Å². The Hall–Kier alpha value is -1.26. The summed E-state index contributed by atoms with van der Waals surface area (Å²) in [6.45, 7) is 6.82. The van der Waals surface area contributed by atoms with Crippen molar-refractivity contribution in [2.45, 2.75) is 38.8 Å². The van der Waals surface area contributed by atoms with Crippen molar-refractivity contribution in [1.29, 1.82) is 0 Å². The zero-order chi connectivity index (χ0) is 14.8. The van der Waals surface area contributed by atoms with Gasteiger partial charge in [0, 0.05) is 18.6 Å². The molecule has 4 heteroatoms. The zero-order valence-corrected chi connectivity index (χ0v) is 13.3. The lowest BCUT2D eigenvalue weighted by Gasteiger charge is -2.30. The standard InChI is InChI=1S/C17H26N2O2/c1-4-18-15(10-19(3)12(2)13-5-6-13)14-7-8-16-17(9-14)21-11-20-16/h7-9,12-13,15,18H,4-6,10-11H2,1-3H3. The van der Waals surface area contributed by atoms with Gasteiger partial charge in [0.25, 0.3) is 0 Å². The molecule has 1 heterocycles. The number of nitrogens with zero attached hydrogens (tertiary/aromatic N) is 1. The van der Waals surface area contributed by atoms with Crippen molar-refractivity contribution in [3.8, 4) is 11.5 Å². The Morgan fingerprint density at radius 2 is 2.05 bits per heavy atom. The van der Waals surface area contributed by atoms with Crippen molar-refractivity contribution in [3.63, 3.8) is 0 Å². The van der Waals surface area contributed by atoms with Crippen LogP contribution in [0, 0.1) is 5.92 Å². The normalized spacial score (nSPS) is 19.8. The summed E-state index contributed by atoms with van der Waals surface area (Å²) < 4.78 is 10.9. The van der Waals surface area contributed by atoms with Crippen molar-refractivity contribution in [2.24, 2.45) is 5.92 Å². The van der Waals surface area contributed by atoms with Crippen LogP contribution in [0.2, 0.25) is 0 Å². The third-order valence-electron chi connectivity index (χ3n) is 4.72. The summed E-state index contributed by atoms with van der Waals surface area (Å²) in [5, 5.41) is 3.60. The largest absolute Gasteiger partial charge is 0.454 e. The first-order valence-electron chi connectivity index (χ1n) is 8.02. The van der Waals surface area contributed by atoms with Crippen molar-refractivity contribution in [2.75, 3.05) is 26.9 Å². The summed E-state index contributed by atoms with van der Waals surface area (Å²) >= 11 is 0. The minimum Gasteiger partial charge on any atom is -0.454 e. The maximum atomic E-state index is 5.50. The van der Waals surface area contributed by atoms with Crippen LogP contribution >= 0.6 is 0 Å². The first-order chi connectivity index (χ1) is 10.2. The molecule has 3 rings (SSSR count). The Morgan fingerprint density at radius 3 is 2.76 bits per heavy atom. The van der Waals surface area contributed by atoms with E-state index in [0.29, 0.717) is 18.9 Å². The Morgan fingerprint density at radius 1 is 1.29 bits per heavy atom. The van der Waals surface area contributed by atoms with Crippen LogP contribution in [0.1, 0.15) is 38.3 Å². The average Bonchev–Trinajstić information content (AvgIpc) is 3.23. The molecule has 1 aliphatic carbocycles. The number of hydrogen-bond acceptors (Lipinski definition) is 4. The van der Waals surface area contributed by atoms with Gasteiger partial charge in [-0.1, -0.05) is 13.0 Å². The van der Waals surface area contributed by atoms with Gasteiger partial charge in [0.05, 0.1) is 0 Å². The van der Waals surface area contributed by atoms with Gasteiger partial charge in [0.2, 0.25) is 6.79 Å². The van der Waals surface area contributed by atoms with E-state index in [2.05, 4.69) is 43.2 Å².